The number of aliphatic carboxylic acids is 1. The molecule has 1 aromatic rings. The molecule has 1 atom stereocenters. The first-order chi connectivity index (χ1) is 9.36. The van der Waals surface area contributed by atoms with Crippen molar-refractivity contribution >= 4 is 17.7 Å². The van der Waals surface area contributed by atoms with Gasteiger partial charge in [-0.3, -0.25) is 0 Å². The first-order valence-corrected chi connectivity index (χ1v) is 6.75. The van der Waals surface area contributed by atoms with Gasteiger partial charge in [0, 0.05) is 5.69 Å². The number of hydrogen-bond acceptors (Lipinski definition) is 2. The molecule has 0 heterocycles. The van der Waals surface area contributed by atoms with Crippen LogP contribution in [0.3, 0.4) is 0 Å². The predicted molar refractivity (Wildman–Crippen MR) is 79.0 cm³/mol. The number of carbonyl (C=O) groups is 2. The molecule has 1 aromatic carbocycles. The third-order valence-electron chi connectivity index (χ3n) is 3.20. The molecule has 0 aliphatic carbocycles. The van der Waals surface area contributed by atoms with Crippen LogP contribution in [0, 0.1) is 12.8 Å². The van der Waals surface area contributed by atoms with E-state index in [-0.39, 0.29) is 5.92 Å². The molecule has 5 heteroatoms. The minimum atomic E-state index is -1.03. The molecule has 0 aliphatic heterocycles. The fourth-order valence-corrected chi connectivity index (χ4v) is 2.01. The molecular formula is C15H22N2O3. The number of para-hydroxylation sites is 1. The molecule has 0 fully saturated rings. The average molecular weight is 278 g/mol. The second-order valence-electron chi connectivity index (χ2n) is 5.12. The highest BCUT2D eigenvalue weighted by Crippen LogP contribution is 2.21. The van der Waals surface area contributed by atoms with Gasteiger partial charge < -0.3 is 15.7 Å². The number of carboxylic acids is 1. The summed E-state index contributed by atoms with van der Waals surface area (Å²) in [5, 5.41) is 14.3. The molecule has 110 valence electrons. The average Bonchev–Trinajstić information content (AvgIpc) is 2.37. The molecule has 0 aromatic heterocycles. The van der Waals surface area contributed by atoms with Crippen LogP contribution >= 0.6 is 0 Å². The molecule has 2 amide bonds. The predicted octanol–water partition coefficient (Wildman–Crippen LogP) is 2.79. The zero-order valence-corrected chi connectivity index (χ0v) is 12.4. The van der Waals surface area contributed by atoms with Crippen LogP contribution in [0.15, 0.2) is 18.2 Å². The number of rotatable bonds is 5. The van der Waals surface area contributed by atoms with E-state index in [0.29, 0.717) is 0 Å². The summed E-state index contributed by atoms with van der Waals surface area (Å²) in [6, 6.07) is 4.40. The first-order valence-electron chi connectivity index (χ1n) is 6.75. The number of hydrogen-bond donors (Lipinski definition) is 3. The van der Waals surface area contributed by atoms with Crippen LogP contribution in [-0.4, -0.2) is 23.1 Å². The van der Waals surface area contributed by atoms with E-state index < -0.39 is 18.0 Å². The Hall–Kier alpha value is -2.04. The van der Waals surface area contributed by atoms with Crippen LogP contribution in [0.2, 0.25) is 0 Å². The Morgan fingerprint density at radius 2 is 1.95 bits per heavy atom. The van der Waals surface area contributed by atoms with Crippen molar-refractivity contribution in [2.24, 2.45) is 5.92 Å². The second kappa shape index (κ2) is 6.93. The van der Waals surface area contributed by atoms with Crippen LogP contribution < -0.4 is 10.6 Å². The summed E-state index contributed by atoms with van der Waals surface area (Å²) in [5.41, 5.74) is 2.73. The SMILES string of the molecule is CCc1cccc(C)c1NC(=O)NC(C(=O)O)C(C)C. The topological polar surface area (TPSA) is 78.4 Å². The van der Waals surface area contributed by atoms with E-state index in [1.165, 1.54) is 0 Å². The van der Waals surface area contributed by atoms with Crippen molar-refractivity contribution in [2.45, 2.75) is 40.2 Å². The molecule has 1 rings (SSSR count). The van der Waals surface area contributed by atoms with Crippen LogP contribution in [0.1, 0.15) is 31.9 Å². The summed E-state index contributed by atoms with van der Waals surface area (Å²) in [7, 11) is 0. The van der Waals surface area contributed by atoms with E-state index in [4.69, 9.17) is 5.11 Å². The van der Waals surface area contributed by atoms with E-state index in [0.717, 1.165) is 23.2 Å². The number of anilines is 1. The van der Waals surface area contributed by atoms with Gasteiger partial charge in [-0.2, -0.15) is 0 Å². The Kier molecular flexibility index (Phi) is 5.55. The van der Waals surface area contributed by atoms with Crippen molar-refractivity contribution in [3.8, 4) is 0 Å². The Bertz CT molecular complexity index is 498. The number of carboxylic acid groups (broad SMARTS) is 1. The molecule has 1 unspecified atom stereocenters. The lowest BCUT2D eigenvalue weighted by Gasteiger charge is -2.19. The lowest BCUT2D eigenvalue weighted by atomic mass is 10.0. The van der Waals surface area contributed by atoms with Crippen molar-refractivity contribution in [3.63, 3.8) is 0 Å². The van der Waals surface area contributed by atoms with Gasteiger partial charge in [0.2, 0.25) is 0 Å². The highest BCUT2D eigenvalue weighted by Gasteiger charge is 2.23. The molecule has 0 bridgehead atoms. The van der Waals surface area contributed by atoms with Crippen molar-refractivity contribution in [3.05, 3.63) is 29.3 Å². The highest BCUT2D eigenvalue weighted by atomic mass is 16.4. The maximum absolute atomic E-state index is 12.0. The highest BCUT2D eigenvalue weighted by molar-refractivity contribution is 5.93. The fourth-order valence-electron chi connectivity index (χ4n) is 2.01. The second-order valence-corrected chi connectivity index (χ2v) is 5.12. The van der Waals surface area contributed by atoms with Gasteiger partial charge in [0.1, 0.15) is 6.04 Å². The van der Waals surface area contributed by atoms with E-state index in [9.17, 15) is 9.59 Å². The standard InChI is InChI=1S/C15H22N2O3/c1-5-11-8-6-7-10(4)13(11)17-15(20)16-12(9(2)3)14(18)19/h6-9,12H,5H2,1-4H3,(H,18,19)(H2,16,17,20). The number of benzene rings is 1. The minimum absolute atomic E-state index is 0.180. The van der Waals surface area contributed by atoms with Crippen LogP contribution in [-0.2, 0) is 11.2 Å². The Morgan fingerprint density at radius 3 is 2.45 bits per heavy atom. The number of nitrogens with one attached hydrogen (secondary N) is 2. The molecule has 0 spiro atoms. The largest absolute Gasteiger partial charge is 0.480 e. The number of amides is 2. The van der Waals surface area contributed by atoms with E-state index in [1.807, 2.05) is 32.0 Å². The molecule has 20 heavy (non-hydrogen) atoms. The van der Waals surface area contributed by atoms with Crippen molar-refractivity contribution in [1.29, 1.82) is 0 Å². The molecular weight excluding hydrogens is 256 g/mol. The molecule has 0 radical (unpaired) electrons. The van der Waals surface area contributed by atoms with Crippen molar-refractivity contribution in [1.82, 2.24) is 5.32 Å². The van der Waals surface area contributed by atoms with Crippen LogP contribution in [0.5, 0.6) is 0 Å². The Labute approximate surface area is 119 Å². The summed E-state index contributed by atoms with van der Waals surface area (Å²) in [6.07, 6.45) is 0.795. The number of urea groups is 1. The van der Waals surface area contributed by atoms with Gasteiger partial charge in [-0.15, -0.1) is 0 Å². The Morgan fingerprint density at radius 1 is 1.30 bits per heavy atom. The summed E-state index contributed by atoms with van der Waals surface area (Å²) in [5.74, 6) is -1.21. The molecule has 0 saturated carbocycles. The third kappa shape index (κ3) is 3.98. The smallest absolute Gasteiger partial charge is 0.326 e. The molecule has 5 nitrogen and oxygen atoms in total. The van der Waals surface area contributed by atoms with Gasteiger partial charge in [-0.05, 0) is 30.4 Å². The normalized spacial score (nSPS) is 12.1. The summed E-state index contributed by atoms with van der Waals surface area (Å²) in [6.45, 7) is 7.42. The lowest BCUT2D eigenvalue weighted by molar-refractivity contribution is -0.140. The monoisotopic (exact) mass is 278 g/mol. The van der Waals surface area contributed by atoms with Crippen molar-refractivity contribution in [2.75, 3.05) is 5.32 Å². The quantitative estimate of drug-likeness (QED) is 0.775. The number of aryl methyl sites for hydroxylation is 2. The van der Waals surface area contributed by atoms with E-state index in [1.54, 1.807) is 13.8 Å². The Balaban J connectivity index is 2.84. The summed E-state index contributed by atoms with van der Waals surface area (Å²) >= 11 is 0. The maximum atomic E-state index is 12.0. The van der Waals surface area contributed by atoms with Crippen LogP contribution in [0.4, 0.5) is 10.5 Å². The maximum Gasteiger partial charge on any atom is 0.326 e. The van der Waals surface area contributed by atoms with Gasteiger partial charge in [-0.1, -0.05) is 39.0 Å². The summed E-state index contributed by atoms with van der Waals surface area (Å²) < 4.78 is 0. The number of carbonyl (C=O) groups excluding carboxylic acids is 1. The third-order valence-corrected chi connectivity index (χ3v) is 3.20. The fraction of sp³-hybridized carbons (Fsp3) is 0.467. The van der Waals surface area contributed by atoms with Gasteiger partial charge in [0.25, 0.3) is 0 Å². The zero-order chi connectivity index (χ0) is 15.3. The molecule has 3 N–H and O–H groups in total. The minimum Gasteiger partial charge on any atom is -0.480 e. The van der Waals surface area contributed by atoms with Crippen molar-refractivity contribution < 1.29 is 14.7 Å². The van der Waals surface area contributed by atoms with Gasteiger partial charge in [0.05, 0.1) is 0 Å². The first kappa shape index (κ1) is 16.0. The van der Waals surface area contributed by atoms with E-state index >= 15 is 0 Å². The van der Waals surface area contributed by atoms with Gasteiger partial charge >= 0.3 is 12.0 Å². The molecule has 0 aliphatic rings. The van der Waals surface area contributed by atoms with Crippen LogP contribution in [0.25, 0.3) is 0 Å². The van der Waals surface area contributed by atoms with Gasteiger partial charge in [0.15, 0.2) is 0 Å². The summed E-state index contributed by atoms with van der Waals surface area (Å²) in [4.78, 5) is 23.0. The zero-order valence-electron chi connectivity index (χ0n) is 12.4. The van der Waals surface area contributed by atoms with Gasteiger partial charge in [-0.25, -0.2) is 9.59 Å². The lowest BCUT2D eigenvalue weighted by Crippen LogP contribution is -2.46. The van der Waals surface area contributed by atoms with E-state index in [2.05, 4.69) is 10.6 Å². The molecule has 0 saturated heterocycles.